The van der Waals surface area contributed by atoms with E-state index >= 15 is 0 Å². The van der Waals surface area contributed by atoms with Crippen LogP contribution in [0.2, 0.25) is 0 Å². The molecule has 1 saturated carbocycles. The lowest BCUT2D eigenvalue weighted by molar-refractivity contribution is -0.139. The first kappa shape index (κ1) is 14.8. The van der Waals surface area contributed by atoms with E-state index in [0.717, 1.165) is 5.92 Å². The summed E-state index contributed by atoms with van der Waals surface area (Å²) in [6, 6.07) is -1.18. The summed E-state index contributed by atoms with van der Waals surface area (Å²) >= 11 is 0. The predicted molar refractivity (Wildman–Crippen MR) is 69.3 cm³/mol. The van der Waals surface area contributed by atoms with Gasteiger partial charge in [0.15, 0.2) is 0 Å². The SMILES string of the molecule is CC(C)CC(NC(=O)NCC(C)C1CC1)C(=O)O. The van der Waals surface area contributed by atoms with Gasteiger partial charge in [0.2, 0.25) is 0 Å². The van der Waals surface area contributed by atoms with Crippen LogP contribution in [0.5, 0.6) is 0 Å². The van der Waals surface area contributed by atoms with Crippen molar-refractivity contribution in [1.82, 2.24) is 10.6 Å². The van der Waals surface area contributed by atoms with Gasteiger partial charge in [-0.15, -0.1) is 0 Å². The Labute approximate surface area is 108 Å². The van der Waals surface area contributed by atoms with Gasteiger partial charge in [-0.05, 0) is 37.0 Å². The Morgan fingerprint density at radius 3 is 2.33 bits per heavy atom. The summed E-state index contributed by atoms with van der Waals surface area (Å²) in [7, 11) is 0. The molecule has 0 aromatic rings. The molecule has 1 rings (SSSR count). The van der Waals surface area contributed by atoms with Gasteiger partial charge in [0.05, 0.1) is 0 Å². The van der Waals surface area contributed by atoms with Gasteiger partial charge in [0.1, 0.15) is 6.04 Å². The third-order valence-electron chi connectivity index (χ3n) is 3.32. The molecular weight excluding hydrogens is 232 g/mol. The fraction of sp³-hybridized carbons (Fsp3) is 0.846. The first-order valence-corrected chi connectivity index (χ1v) is 6.67. The molecule has 1 fully saturated rings. The van der Waals surface area contributed by atoms with Crippen LogP contribution in [0.3, 0.4) is 0 Å². The van der Waals surface area contributed by atoms with E-state index in [1.807, 2.05) is 13.8 Å². The molecule has 104 valence electrons. The fourth-order valence-electron chi connectivity index (χ4n) is 1.99. The highest BCUT2D eigenvalue weighted by atomic mass is 16.4. The first-order valence-electron chi connectivity index (χ1n) is 6.67. The van der Waals surface area contributed by atoms with Gasteiger partial charge in [-0.25, -0.2) is 9.59 Å². The Morgan fingerprint density at radius 1 is 1.28 bits per heavy atom. The smallest absolute Gasteiger partial charge is 0.326 e. The van der Waals surface area contributed by atoms with Crippen LogP contribution in [0.4, 0.5) is 4.79 Å². The number of amides is 2. The number of urea groups is 1. The van der Waals surface area contributed by atoms with E-state index in [-0.39, 0.29) is 11.9 Å². The molecule has 0 spiro atoms. The van der Waals surface area contributed by atoms with Crippen molar-refractivity contribution >= 4 is 12.0 Å². The fourth-order valence-corrected chi connectivity index (χ4v) is 1.99. The number of carboxylic acids is 1. The quantitative estimate of drug-likeness (QED) is 0.650. The lowest BCUT2D eigenvalue weighted by atomic mass is 10.0. The minimum atomic E-state index is -0.978. The predicted octanol–water partition coefficient (Wildman–Crippen LogP) is 1.83. The monoisotopic (exact) mass is 256 g/mol. The molecular formula is C13H24N2O3. The van der Waals surface area contributed by atoms with Crippen LogP contribution >= 0.6 is 0 Å². The van der Waals surface area contributed by atoms with Crippen molar-refractivity contribution in [1.29, 1.82) is 0 Å². The Bertz CT molecular complexity index is 301. The Balaban J connectivity index is 2.28. The second-order valence-corrected chi connectivity index (χ2v) is 5.69. The summed E-state index contributed by atoms with van der Waals surface area (Å²) in [5, 5.41) is 14.3. The summed E-state index contributed by atoms with van der Waals surface area (Å²) in [5.41, 5.74) is 0. The number of carboxylic acid groups (broad SMARTS) is 1. The average Bonchev–Trinajstić information content (AvgIpc) is 3.07. The van der Waals surface area contributed by atoms with Crippen molar-refractivity contribution in [3.05, 3.63) is 0 Å². The number of aliphatic carboxylic acids is 1. The minimum absolute atomic E-state index is 0.233. The zero-order valence-corrected chi connectivity index (χ0v) is 11.4. The number of hydrogen-bond acceptors (Lipinski definition) is 2. The molecule has 1 aliphatic carbocycles. The first-order chi connectivity index (χ1) is 8.40. The van der Waals surface area contributed by atoms with Crippen molar-refractivity contribution < 1.29 is 14.7 Å². The number of hydrogen-bond donors (Lipinski definition) is 3. The van der Waals surface area contributed by atoms with Gasteiger partial charge < -0.3 is 15.7 Å². The molecule has 5 heteroatoms. The van der Waals surface area contributed by atoms with Crippen LogP contribution in [-0.4, -0.2) is 29.7 Å². The van der Waals surface area contributed by atoms with Gasteiger partial charge in [-0.2, -0.15) is 0 Å². The third-order valence-corrected chi connectivity index (χ3v) is 3.32. The number of nitrogens with one attached hydrogen (secondary N) is 2. The number of carbonyl (C=O) groups excluding carboxylic acids is 1. The second-order valence-electron chi connectivity index (χ2n) is 5.69. The maximum atomic E-state index is 11.6. The van der Waals surface area contributed by atoms with E-state index in [9.17, 15) is 9.59 Å². The van der Waals surface area contributed by atoms with Crippen LogP contribution < -0.4 is 10.6 Å². The standard InChI is InChI=1S/C13H24N2O3/c1-8(2)6-11(12(16)17)15-13(18)14-7-9(3)10-4-5-10/h8-11H,4-7H2,1-3H3,(H,16,17)(H2,14,15,18). The van der Waals surface area contributed by atoms with Crippen LogP contribution in [-0.2, 0) is 4.79 Å². The maximum Gasteiger partial charge on any atom is 0.326 e. The van der Waals surface area contributed by atoms with E-state index < -0.39 is 12.0 Å². The Morgan fingerprint density at radius 2 is 1.89 bits per heavy atom. The third kappa shape index (κ3) is 5.38. The topological polar surface area (TPSA) is 78.4 Å². The highest BCUT2D eigenvalue weighted by Gasteiger charge is 2.28. The zero-order chi connectivity index (χ0) is 13.7. The van der Waals surface area contributed by atoms with Gasteiger partial charge in [0.25, 0.3) is 0 Å². The molecule has 3 N–H and O–H groups in total. The Hall–Kier alpha value is -1.26. The molecule has 2 atom stereocenters. The zero-order valence-electron chi connectivity index (χ0n) is 11.4. The molecule has 1 aliphatic rings. The molecule has 2 unspecified atom stereocenters. The second kappa shape index (κ2) is 6.61. The average molecular weight is 256 g/mol. The van der Waals surface area contributed by atoms with Crippen LogP contribution in [0.1, 0.15) is 40.0 Å². The summed E-state index contributed by atoms with van der Waals surface area (Å²) < 4.78 is 0. The van der Waals surface area contributed by atoms with E-state index in [0.29, 0.717) is 18.9 Å². The molecule has 0 radical (unpaired) electrons. The summed E-state index contributed by atoms with van der Waals surface area (Å²) in [4.78, 5) is 22.6. The Kier molecular flexibility index (Phi) is 5.44. The maximum absolute atomic E-state index is 11.6. The van der Waals surface area contributed by atoms with E-state index in [1.165, 1.54) is 12.8 Å². The summed E-state index contributed by atoms with van der Waals surface area (Å²) in [5.74, 6) is 0.464. The van der Waals surface area contributed by atoms with Crippen LogP contribution in [0.25, 0.3) is 0 Å². The van der Waals surface area contributed by atoms with Gasteiger partial charge in [-0.3, -0.25) is 0 Å². The van der Waals surface area contributed by atoms with E-state index in [4.69, 9.17) is 5.11 Å². The highest BCUT2D eigenvalue weighted by Crippen LogP contribution is 2.35. The van der Waals surface area contributed by atoms with Crippen molar-refractivity contribution in [2.75, 3.05) is 6.54 Å². The van der Waals surface area contributed by atoms with E-state index in [2.05, 4.69) is 17.6 Å². The summed E-state index contributed by atoms with van der Waals surface area (Å²) in [6.07, 6.45) is 2.94. The van der Waals surface area contributed by atoms with Crippen molar-refractivity contribution in [3.8, 4) is 0 Å². The van der Waals surface area contributed by atoms with Crippen LogP contribution in [0.15, 0.2) is 0 Å². The molecule has 0 bridgehead atoms. The van der Waals surface area contributed by atoms with Crippen LogP contribution in [0, 0.1) is 17.8 Å². The lowest BCUT2D eigenvalue weighted by Gasteiger charge is -2.18. The van der Waals surface area contributed by atoms with Gasteiger partial charge in [-0.1, -0.05) is 20.8 Å². The molecule has 0 aliphatic heterocycles. The minimum Gasteiger partial charge on any atom is -0.480 e. The van der Waals surface area contributed by atoms with E-state index in [1.54, 1.807) is 0 Å². The van der Waals surface area contributed by atoms with Crippen molar-refractivity contribution in [3.63, 3.8) is 0 Å². The molecule has 0 aromatic heterocycles. The largest absolute Gasteiger partial charge is 0.480 e. The van der Waals surface area contributed by atoms with Crippen molar-refractivity contribution in [2.45, 2.75) is 46.1 Å². The molecule has 0 saturated heterocycles. The molecule has 18 heavy (non-hydrogen) atoms. The highest BCUT2D eigenvalue weighted by molar-refractivity contribution is 5.82. The van der Waals surface area contributed by atoms with Gasteiger partial charge >= 0.3 is 12.0 Å². The molecule has 5 nitrogen and oxygen atoms in total. The van der Waals surface area contributed by atoms with Gasteiger partial charge in [0, 0.05) is 6.54 Å². The molecule has 0 aromatic carbocycles. The van der Waals surface area contributed by atoms with Crippen molar-refractivity contribution in [2.24, 2.45) is 17.8 Å². The molecule has 0 heterocycles. The normalized spacial score (nSPS) is 18.2. The summed E-state index contributed by atoms with van der Waals surface area (Å²) in [6.45, 7) is 6.60. The number of rotatable bonds is 7. The lowest BCUT2D eigenvalue weighted by Crippen LogP contribution is -2.47. The molecule has 2 amide bonds. The number of carbonyl (C=O) groups is 2.